The summed E-state index contributed by atoms with van der Waals surface area (Å²) in [4.78, 5) is 0. The van der Waals surface area contributed by atoms with E-state index >= 15 is 0 Å². The first-order chi connectivity index (χ1) is 8.65. The number of hydrogen-bond donors (Lipinski definition) is 2. The average molecular weight is 248 g/mol. The lowest BCUT2D eigenvalue weighted by molar-refractivity contribution is 0.625. The molecule has 0 bridgehead atoms. The number of halogens is 2. The molecule has 2 rings (SSSR count). The number of nitrogen functional groups attached to an aromatic ring is 1. The van der Waals surface area contributed by atoms with Gasteiger partial charge in [-0.25, -0.2) is 8.78 Å². The van der Waals surface area contributed by atoms with Crippen LogP contribution in [0, 0.1) is 11.6 Å². The van der Waals surface area contributed by atoms with Crippen molar-refractivity contribution in [1.82, 2.24) is 0 Å². The lowest BCUT2D eigenvalue weighted by Gasteiger charge is -2.07. The van der Waals surface area contributed by atoms with Gasteiger partial charge in [0.15, 0.2) is 0 Å². The highest BCUT2D eigenvalue weighted by Gasteiger charge is 2.00. The fourth-order valence-electron chi connectivity index (χ4n) is 1.68. The number of benzene rings is 2. The Balaban J connectivity index is 1.90. The predicted molar refractivity (Wildman–Crippen MR) is 69.4 cm³/mol. The normalized spacial score (nSPS) is 10.3. The number of anilines is 2. The van der Waals surface area contributed by atoms with Gasteiger partial charge in [-0.15, -0.1) is 0 Å². The predicted octanol–water partition coefficient (Wildman–Crippen LogP) is 3.20. The van der Waals surface area contributed by atoms with Gasteiger partial charge in [0.2, 0.25) is 0 Å². The molecule has 0 spiro atoms. The van der Waals surface area contributed by atoms with Gasteiger partial charge < -0.3 is 11.1 Å². The van der Waals surface area contributed by atoms with Gasteiger partial charge in [-0.2, -0.15) is 0 Å². The Labute approximate surface area is 104 Å². The summed E-state index contributed by atoms with van der Waals surface area (Å²) in [7, 11) is 0. The monoisotopic (exact) mass is 248 g/mol. The summed E-state index contributed by atoms with van der Waals surface area (Å²) in [6.45, 7) is 0.604. The second-order valence-corrected chi connectivity index (χ2v) is 4.04. The highest BCUT2D eigenvalue weighted by Crippen LogP contribution is 2.15. The molecular weight excluding hydrogens is 234 g/mol. The van der Waals surface area contributed by atoms with E-state index in [1.54, 1.807) is 12.1 Å². The highest BCUT2D eigenvalue weighted by atomic mass is 19.1. The molecule has 0 saturated carbocycles. The maximum atomic E-state index is 13.2. The zero-order valence-corrected chi connectivity index (χ0v) is 9.79. The Kier molecular flexibility index (Phi) is 3.77. The maximum Gasteiger partial charge on any atom is 0.148 e. The smallest absolute Gasteiger partial charge is 0.148 e. The topological polar surface area (TPSA) is 38.0 Å². The molecule has 0 aliphatic carbocycles. The van der Waals surface area contributed by atoms with Crippen LogP contribution in [0.3, 0.4) is 0 Å². The molecule has 3 N–H and O–H groups in total. The van der Waals surface area contributed by atoms with Crippen LogP contribution in [0.2, 0.25) is 0 Å². The molecule has 0 fully saturated rings. The molecule has 0 aromatic heterocycles. The van der Waals surface area contributed by atoms with Crippen molar-refractivity contribution in [3.8, 4) is 0 Å². The van der Waals surface area contributed by atoms with Gasteiger partial charge in [0.1, 0.15) is 11.6 Å². The lowest BCUT2D eigenvalue weighted by atomic mass is 10.1. The molecule has 2 aromatic rings. The Morgan fingerprint density at radius 2 is 1.89 bits per heavy atom. The van der Waals surface area contributed by atoms with Gasteiger partial charge in [-0.1, -0.05) is 12.1 Å². The van der Waals surface area contributed by atoms with Crippen molar-refractivity contribution in [3.05, 3.63) is 59.7 Å². The van der Waals surface area contributed by atoms with E-state index in [9.17, 15) is 8.78 Å². The molecule has 0 atom stereocenters. The quantitative estimate of drug-likeness (QED) is 0.815. The van der Waals surface area contributed by atoms with Crippen molar-refractivity contribution in [3.63, 3.8) is 0 Å². The number of hydrogen-bond acceptors (Lipinski definition) is 2. The van der Waals surface area contributed by atoms with Crippen LogP contribution < -0.4 is 11.1 Å². The van der Waals surface area contributed by atoms with E-state index in [4.69, 9.17) is 5.73 Å². The molecule has 4 heteroatoms. The van der Waals surface area contributed by atoms with E-state index in [0.717, 1.165) is 5.56 Å². The Hall–Kier alpha value is -2.10. The van der Waals surface area contributed by atoms with E-state index in [0.29, 0.717) is 18.7 Å². The van der Waals surface area contributed by atoms with Gasteiger partial charge in [0, 0.05) is 12.2 Å². The second kappa shape index (κ2) is 5.49. The van der Waals surface area contributed by atoms with Crippen LogP contribution >= 0.6 is 0 Å². The zero-order chi connectivity index (χ0) is 13.0. The van der Waals surface area contributed by atoms with Gasteiger partial charge in [0.25, 0.3) is 0 Å². The maximum absolute atomic E-state index is 13.2. The van der Waals surface area contributed by atoms with Gasteiger partial charge in [0.05, 0.1) is 5.69 Å². The third-order valence-electron chi connectivity index (χ3n) is 2.63. The number of nitrogens with one attached hydrogen (secondary N) is 1. The summed E-state index contributed by atoms with van der Waals surface area (Å²) in [6.07, 6.45) is 0.670. The van der Waals surface area contributed by atoms with Crippen molar-refractivity contribution in [2.75, 3.05) is 17.6 Å². The largest absolute Gasteiger partial charge is 0.396 e. The van der Waals surface area contributed by atoms with Crippen molar-refractivity contribution < 1.29 is 8.78 Å². The minimum atomic E-state index is -0.439. The molecule has 0 radical (unpaired) electrons. The van der Waals surface area contributed by atoms with Crippen LogP contribution in [0.4, 0.5) is 20.2 Å². The molecule has 0 unspecified atom stereocenters. The minimum absolute atomic E-state index is 0.130. The first-order valence-corrected chi connectivity index (χ1v) is 5.68. The molecule has 94 valence electrons. The second-order valence-electron chi connectivity index (χ2n) is 4.04. The van der Waals surface area contributed by atoms with E-state index in [-0.39, 0.29) is 11.5 Å². The van der Waals surface area contributed by atoms with Gasteiger partial charge >= 0.3 is 0 Å². The minimum Gasteiger partial charge on any atom is -0.396 e. The summed E-state index contributed by atoms with van der Waals surface area (Å²) in [5.74, 6) is -0.684. The standard InChI is InChI=1S/C14H14F2N2/c15-11-3-1-2-10(8-11)6-7-18-12-4-5-14(17)13(16)9-12/h1-5,8-9,18H,6-7,17H2. The van der Waals surface area contributed by atoms with Gasteiger partial charge in [-0.05, 0) is 42.3 Å². The van der Waals surface area contributed by atoms with Crippen LogP contribution in [0.5, 0.6) is 0 Å². The van der Waals surface area contributed by atoms with E-state index in [2.05, 4.69) is 5.32 Å². The number of nitrogens with two attached hydrogens (primary N) is 1. The SMILES string of the molecule is Nc1ccc(NCCc2cccc(F)c2)cc1F. The van der Waals surface area contributed by atoms with Gasteiger partial charge in [-0.3, -0.25) is 0 Å². The van der Waals surface area contributed by atoms with E-state index in [1.165, 1.54) is 24.3 Å². The zero-order valence-electron chi connectivity index (χ0n) is 9.79. The molecule has 0 amide bonds. The highest BCUT2D eigenvalue weighted by molar-refractivity contribution is 5.52. The average Bonchev–Trinajstić information content (AvgIpc) is 2.34. The summed E-state index contributed by atoms with van der Waals surface area (Å²) >= 11 is 0. The fraction of sp³-hybridized carbons (Fsp3) is 0.143. The molecule has 2 aromatic carbocycles. The summed E-state index contributed by atoms with van der Waals surface area (Å²) in [5.41, 5.74) is 7.08. The fourth-order valence-corrected chi connectivity index (χ4v) is 1.68. The Morgan fingerprint density at radius 3 is 2.61 bits per heavy atom. The van der Waals surface area contributed by atoms with Crippen LogP contribution in [0.1, 0.15) is 5.56 Å². The molecule has 0 heterocycles. The lowest BCUT2D eigenvalue weighted by Crippen LogP contribution is -2.05. The van der Waals surface area contributed by atoms with E-state index < -0.39 is 5.82 Å². The Bertz CT molecular complexity index is 541. The third-order valence-corrected chi connectivity index (χ3v) is 2.63. The molecule has 2 nitrogen and oxygen atoms in total. The van der Waals surface area contributed by atoms with Crippen molar-refractivity contribution in [2.45, 2.75) is 6.42 Å². The molecule has 0 aliphatic rings. The Morgan fingerprint density at radius 1 is 1.06 bits per heavy atom. The van der Waals surface area contributed by atoms with Crippen molar-refractivity contribution in [1.29, 1.82) is 0 Å². The van der Waals surface area contributed by atoms with Crippen LogP contribution in [0.25, 0.3) is 0 Å². The van der Waals surface area contributed by atoms with E-state index in [1.807, 2.05) is 6.07 Å². The van der Waals surface area contributed by atoms with Crippen LogP contribution in [-0.2, 0) is 6.42 Å². The van der Waals surface area contributed by atoms with Crippen LogP contribution in [-0.4, -0.2) is 6.54 Å². The molecule has 18 heavy (non-hydrogen) atoms. The first kappa shape index (κ1) is 12.4. The number of rotatable bonds is 4. The summed E-state index contributed by atoms with van der Waals surface area (Å²) < 4.78 is 26.1. The van der Waals surface area contributed by atoms with Crippen LogP contribution in [0.15, 0.2) is 42.5 Å². The summed E-state index contributed by atoms with van der Waals surface area (Å²) in [6, 6.07) is 11.0. The van der Waals surface area contributed by atoms with Crippen molar-refractivity contribution in [2.24, 2.45) is 0 Å². The third kappa shape index (κ3) is 3.20. The molecule has 0 aliphatic heterocycles. The first-order valence-electron chi connectivity index (χ1n) is 5.68. The summed E-state index contributed by atoms with van der Waals surface area (Å²) in [5, 5.41) is 3.06. The molecule has 0 saturated heterocycles. The molecular formula is C14H14F2N2. The van der Waals surface area contributed by atoms with Crippen molar-refractivity contribution >= 4 is 11.4 Å².